The summed E-state index contributed by atoms with van der Waals surface area (Å²) in [6, 6.07) is 1.95. The molecule has 0 radical (unpaired) electrons. The van der Waals surface area contributed by atoms with E-state index in [1.54, 1.807) is 0 Å². The lowest BCUT2D eigenvalue weighted by Crippen LogP contribution is -2.17. The second kappa shape index (κ2) is 7.37. The topological polar surface area (TPSA) is 72.6 Å². The van der Waals surface area contributed by atoms with Crippen molar-refractivity contribution in [2.75, 3.05) is 17.2 Å². The number of halogens is 4. The highest BCUT2D eigenvalue weighted by Crippen LogP contribution is 2.32. The van der Waals surface area contributed by atoms with E-state index in [4.69, 9.17) is 0 Å². The minimum Gasteiger partial charge on any atom is -0.369 e. The van der Waals surface area contributed by atoms with Crippen molar-refractivity contribution in [1.29, 1.82) is 0 Å². The lowest BCUT2D eigenvalue weighted by atomic mass is 10.3. The fraction of sp³-hybridized carbons (Fsp3) is 0.400. The minimum absolute atomic E-state index is 0.303. The van der Waals surface area contributed by atoms with Gasteiger partial charge in [0.15, 0.2) is 5.65 Å². The first-order valence-electron chi connectivity index (χ1n) is 8.19. The third kappa shape index (κ3) is 4.59. The van der Waals surface area contributed by atoms with Gasteiger partial charge in [-0.3, -0.25) is 8.65 Å². The first kappa shape index (κ1) is 18.7. The number of aromatic nitrogens is 5. The predicted octanol–water partition coefficient (Wildman–Crippen LogP) is 4.60. The highest BCUT2D eigenvalue weighted by molar-refractivity contribution is 14.2. The molecule has 0 bridgehead atoms. The summed E-state index contributed by atoms with van der Waals surface area (Å²) >= 11 is 2.16. The molecule has 1 aliphatic rings. The van der Waals surface area contributed by atoms with Crippen molar-refractivity contribution < 1.29 is 13.2 Å². The number of alkyl halides is 3. The van der Waals surface area contributed by atoms with E-state index in [9.17, 15) is 13.2 Å². The Labute approximate surface area is 168 Å². The van der Waals surface area contributed by atoms with E-state index < -0.39 is 12.7 Å². The number of hydrogen-bond donors (Lipinski definition) is 2. The standard InChI is InChI=1S/C15H15F3IN7S/c16-15(17,18)8-25-7-10(6-21-25)22-14-23-12(20-5-9-1-2-9)11-3-4-26(27-19)13(11)24-14/h3-4,6-7,9H,1-2,5,8H2,(H2,20,22,23,24). The van der Waals surface area contributed by atoms with Gasteiger partial charge in [0.1, 0.15) is 12.4 Å². The lowest BCUT2D eigenvalue weighted by molar-refractivity contribution is -0.142. The van der Waals surface area contributed by atoms with E-state index in [1.165, 1.54) is 34.4 Å². The van der Waals surface area contributed by atoms with Crippen LogP contribution in [-0.4, -0.2) is 36.4 Å². The number of anilines is 3. The molecular formula is C15H15F3IN7S. The van der Waals surface area contributed by atoms with Gasteiger partial charge in [-0.15, -0.1) is 0 Å². The van der Waals surface area contributed by atoms with Crippen LogP contribution in [0, 0.1) is 5.92 Å². The molecule has 0 unspecified atom stereocenters. The van der Waals surface area contributed by atoms with Crippen LogP contribution < -0.4 is 10.6 Å². The van der Waals surface area contributed by atoms with Crippen molar-refractivity contribution >= 4 is 58.8 Å². The van der Waals surface area contributed by atoms with Crippen LogP contribution in [0.4, 0.5) is 30.6 Å². The quantitative estimate of drug-likeness (QED) is 0.454. The molecule has 0 aliphatic heterocycles. The Balaban J connectivity index is 1.60. The predicted molar refractivity (Wildman–Crippen MR) is 107 cm³/mol. The van der Waals surface area contributed by atoms with Crippen molar-refractivity contribution in [3.8, 4) is 0 Å². The molecule has 2 N–H and O–H groups in total. The second-order valence-corrected chi connectivity index (χ2v) is 8.05. The Morgan fingerprint density at radius 3 is 2.81 bits per heavy atom. The largest absolute Gasteiger partial charge is 0.408 e. The van der Waals surface area contributed by atoms with Crippen LogP contribution in [0.1, 0.15) is 12.8 Å². The van der Waals surface area contributed by atoms with Crippen molar-refractivity contribution in [3.05, 3.63) is 24.7 Å². The Morgan fingerprint density at radius 2 is 2.11 bits per heavy atom. The average Bonchev–Trinajstić information content (AvgIpc) is 3.19. The summed E-state index contributed by atoms with van der Waals surface area (Å²) in [6.45, 7) is -0.297. The molecule has 3 heterocycles. The molecule has 0 aromatic carbocycles. The van der Waals surface area contributed by atoms with Gasteiger partial charge >= 0.3 is 6.18 Å². The van der Waals surface area contributed by atoms with Crippen LogP contribution >= 0.6 is 30.3 Å². The molecule has 3 aromatic heterocycles. The summed E-state index contributed by atoms with van der Waals surface area (Å²) < 4.78 is 40.2. The van der Waals surface area contributed by atoms with Crippen LogP contribution in [-0.2, 0) is 6.54 Å². The number of fused-ring (bicyclic) bond motifs is 1. The van der Waals surface area contributed by atoms with Gasteiger partial charge in [-0.25, -0.2) is 0 Å². The van der Waals surface area contributed by atoms with E-state index in [0.29, 0.717) is 23.4 Å². The van der Waals surface area contributed by atoms with Crippen molar-refractivity contribution in [2.45, 2.75) is 25.6 Å². The van der Waals surface area contributed by atoms with Gasteiger partial charge < -0.3 is 10.6 Å². The van der Waals surface area contributed by atoms with Gasteiger partial charge in [-0.2, -0.15) is 28.2 Å². The van der Waals surface area contributed by atoms with E-state index in [2.05, 4.69) is 46.9 Å². The molecule has 3 aromatic rings. The molecule has 12 heteroatoms. The summed E-state index contributed by atoms with van der Waals surface area (Å²) in [4.78, 5) is 9.01. The zero-order valence-corrected chi connectivity index (χ0v) is 16.8. The van der Waals surface area contributed by atoms with Crippen LogP contribution in [0.25, 0.3) is 11.0 Å². The number of hydrogen-bond acceptors (Lipinski definition) is 6. The Hall–Kier alpha value is -1.70. The van der Waals surface area contributed by atoms with Crippen LogP contribution in [0.15, 0.2) is 24.7 Å². The molecule has 1 aliphatic carbocycles. The number of nitrogens with zero attached hydrogens (tertiary/aromatic N) is 5. The van der Waals surface area contributed by atoms with Gasteiger partial charge in [-0.05, 0) is 24.8 Å². The zero-order valence-electron chi connectivity index (χ0n) is 13.9. The molecule has 4 rings (SSSR count). The molecule has 144 valence electrons. The second-order valence-electron chi connectivity index (χ2n) is 6.33. The Bertz CT molecular complexity index is 951. The maximum atomic E-state index is 12.5. The fourth-order valence-corrected chi connectivity index (χ4v) is 3.89. The fourth-order valence-electron chi connectivity index (χ4n) is 2.63. The third-order valence-electron chi connectivity index (χ3n) is 4.07. The molecule has 0 spiro atoms. The summed E-state index contributed by atoms with van der Waals surface area (Å²) in [7, 11) is 1.48. The van der Waals surface area contributed by atoms with Gasteiger partial charge in [0.25, 0.3) is 0 Å². The van der Waals surface area contributed by atoms with Gasteiger partial charge in [0.2, 0.25) is 5.95 Å². The van der Waals surface area contributed by atoms with Crippen LogP contribution in [0.5, 0.6) is 0 Å². The highest BCUT2D eigenvalue weighted by Gasteiger charge is 2.28. The van der Waals surface area contributed by atoms with Crippen LogP contribution in [0.2, 0.25) is 0 Å². The van der Waals surface area contributed by atoms with E-state index in [1.807, 2.05) is 16.2 Å². The molecule has 1 saturated carbocycles. The number of rotatable bonds is 7. The smallest absolute Gasteiger partial charge is 0.369 e. The summed E-state index contributed by atoms with van der Waals surface area (Å²) in [5, 5.41) is 10.9. The lowest BCUT2D eigenvalue weighted by Gasteiger charge is -2.10. The van der Waals surface area contributed by atoms with E-state index >= 15 is 0 Å². The number of nitrogens with one attached hydrogen (secondary N) is 2. The SMILES string of the molecule is FC(F)(F)Cn1cc(Nc2nc(NCC3CC3)c3ccn(SI)c3n2)cn1. The normalized spacial score (nSPS) is 14.7. The van der Waals surface area contributed by atoms with Crippen molar-refractivity contribution in [3.63, 3.8) is 0 Å². The van der Waals surface area contributed by atoms with Gasteiger partial charge in [-0.1, -0.05) is 0 Å². The third-order valence-corrected chi connectivity index (χ3v) is 5.79. The molecule has 1 fully saturated rings. The molecule has 0 saturated heterocycles. The van der Waals surface area contributed by atoms with Gasteiger partial charge in [0, 0.05) is 49.3 Å². The summed E-state index contributed by atoms with van der Waals surface area (Å²) in [5.74, 6) is 1.69. The first-order valence-corrected chi connectivity index (χ1v) is 11.5. The van der Waals surface area contributed by atoms with E-state index in [-0.39, 0.29) is 0 Å². The van der Waals surface area contributed by atoms with Crippen molar-refractivity contribution in [2.24, 2.45) is 5.92 Å². The van der Waals surface area contributed by atoms with Crippen LogP contribution in [0.3, 0.4) is 0 Å². The monoisotopic (exact) mass is 509 g/mol. The first-order chi connectivity index (χ1) is 12.9. The Kier molecular flexibility index (Phi) is 5.09. The Morgan fingerprint density at radius 1 is 1.30 bits per heavy atom. The molecule has 7 nitrogen and oxygen atoms in total. The van der Waals surface area contributed by atoms with E-state index in [0.717, 1.165) is 22.3 Å². The van der Waals surface area contributed by atoms with Crippen molar-refractivity contribution in [1.82, 2.24) is 23.7 Å². The molecule has 27 heavy (non-hydrogen) atoms. The average molecular weight is 509 g/mol. The zero-order chi connectivity index (χ0) is 19.0. The minimum atomic E-state index is -4.32. The molecular weight excluding hydrogens is 494 g/mol. The molecule has 0 atom stereocenters. The molecule has 0 amide bonds. The maximum absolute atomic E-state index is 12.5. The highest BCUT2D eigenvalue weighted by atomic mass is 127. The summed E-state index contributed by atoms with van der Waals surface area (Å²) in [5.41, 5.74) is 1.12. The maximum Gasteiger partial charge on any atom is 0.408 e. The summed E-state index contributed by atoms with van der Waals surface area (Å²) in [6.07, 6.45) is 2.62. The van der Waals surface area contributed by atoms with Gasteiger partial charge in [0.05, 0.1) is 17.3 Å².